The number of anilines is 1. The van der Waals surface area contributed by atoms with Crippen molar-refractivity contribution in [2.45, 2.75) is 33.6 Å². The zero-order valence-corrected chi connectivity index (χ0v) is 15.3. The van der Waals surface area contributed by atoms with Crippen molar-refractivity contribution in [1.29, 1.82) is 0 Å². The highest BCUT2D eigenvalue weighted by atomic mass is 16.5. The number of amides is 2. The van der Waals surface area contributed by atoms with Crippen molar-refractivity contribution in [1.82, 2.24) is 9.80 Å². The van der Waals surface area contributed by atoms with Gasteiger partial charge in [0.2, 0.25) is 0 Å². The van der Waals surface area contributed by atoms with Gasteiger partial charge in [0.25, 0.3) is 0 Å². The van der Waals surface area contributed by atoms with Gasteiger partial charge in [-0.2, -0.15) is 0 Å². The lowest BCUT2D eigenvalue weighted by molar-refractivity contribution is 0.154. The van der Waals surface area contributed by atoms with Gasteiger partial charge in [0, 0.05) is 45.0 Å². The zero-order valence-electron chi connectivity index (χ0n) is 15.3. The van der Waals surface area contributed by atoms with Crippen molar-refractivity contribution in [2.24, 2.45) is 0 Å². The Morgan fingerprint density at radius 2 is 1.67 bits per heavy atom. The molecule has 5 heteroatoms. The second kappa shape index (κ2) is 9.40. The molecule has 1 aromatic rings. The molecule has 5 nitrogen and oxygen atoms in total. The third-order valence-corrected chi connectivity index (χ3v) is 4.55. The predicted molar refractivity (Wildman–Crippen MR) is 98.9 cm³/mol. The van der Waals surface area contributed by atoms with E-state index in [0.29, 0.717) is 0 Å². The fourth-order valence-corrected chi connectivity index (χ4v) is 2.94. The highest BCUT2D eigenvalue weighted by Crippen LogP contribution is 2.21. The normalized spacial score (nSPS) is 14.6. The molecule has 0 unspecified atom stereocenters. The Kier molecular flexibility index (Phi) is 7.22. The topological polar surface area (TPSA) is 36.0 Å². The van der Waals surface area contributed by atoms with Crippen LogP contribution in [0, 0.1) is 0 Å². The molecule has 0 bridgehead atoms. The lowest BCUT2D eigenvalue weighted by atomic mass is 10.2. The van der Waals surface area contributed by atoms with Gasteiger partial charge < -0.3 is 19.4 Å². The Bertz CT molecular complexity index is 492. The average Bonchev–Trinajstić information content (AvgIpc) is 2.63. The maximum Gasteiger partial charge on any atom is 0.320 e. The number of benzene rings is 1. The van der Waals surface area contributed by atoms with Crippen LogP contribution in [0.2, 0.25) is 0 Å². The minimum Gasteiger partial charge on any atom is -0.494 e. The molecule has 1 aliphatic rings. The third-order valence-electron chi connectivity index (χ3n) is 4.55. The van der Waals surface area contributed by atoms with Crippen molar-refractivity contribution in [3.63, 3.8) is 0 Å². The van der Waals surface area contributed by atoms with Gasteiger partial charge in [0.15, 0.2) is 0 Å². The van der Waals surface area contributed by atoms with E-state index in [4.69, 9.17) is 4.74 Å². The summed E-state index contributed by atoms with van der Waals surface area (Å²) in [4.78, 5) is 18.6. The van der Waals surface area contributed by atoms with Crippen molar-refractivity contribution in [2.75, 3.05) is 50.8 Å². The summed E-state index contributed by atoms with van der Waals surface area (Å²) in [6, 6.07) is 8.47. The minimum absolute atomic E-state index is 0.166. The standard InChI is InChI=1S/C19H31N3O2/c1-4-7-16-24-18-10-8-17(9-11-18)21-12-14-22(15-13-21)19(23)20(5-2)6-3/h8-11H,4-7,12-16H2,1-3H3. The van der Waals surface area contributed by atoms with Crippen LogP contribution in [0.5, 0.6) is 5.75 Å². The van der Waals surface area contributed by atoms with Crippen LogP contribution in [-0.2, 0) is 0 Å². The van der Waals surface area contributed by atoms with Gasteiger partial charge in [-0.3, -0.25) is 0 Å². The quantitative estimate of drug-likeness (QED) is 0.717. The molecular weight excluding hydrogens is 302 g/mol. The number of urea groups is 1. The second-order valence-electron chi connectivity index (χ2n) is 6.12. The first-order chi connectivity index (χ1) is 11.7. The molecule has 0 aliphatic carbocycles. The molecule has 2 amide bonds. The largest absolute Gasteiger partial charge is 0.494 e. The number of carbonyl (C=O) groups is 1. The Balaban J connectivity index is 1.84. The molecule has 0 atom stereocenters. The first-order valence-corrected chi connectivity index (χ1v) is 9.21. The van der Waals surface area contributed by atoms with E-state index in [1.54, 1.807) is 0 Å². The van der Waals surface area contributed by atoms with E-state index in [2.05, 4.69) is 24.0 Å². The number of hydrogen-bond donors (Lipinski definition) is 0. The molecule has 1 aromatic carbocycles. The molecule has 0 radical (unpaired) electrons. The van der Waals surface area contributed by atoms with E-state index in [0.717, 1.165) is 64.5 Å². The Morgan fingerprint density at radius 1 is 1.04 bits per heavy atom. The van der Waals surface area contributed by atoms with E-state index in [1.807, 2.05) is 35.8 Å². The minimum atomic E-state index is 0.166. The molecule has 0 saturated carbocycles. The maximum atomic E-state index is 12.4. The highest BCUT2D eigenvalue weighted by Gasteiger charge is 2.23. The van der Waals surface area contributed by atoms with Gasteiger partial charge in [0.1, 0.15) is 5.75 Å². The van der Waals surface area contributed by atoms with Crippen LogP contribution < -0.4 is 9.64 Å². The first kappa shape index (κ1) is 18.4. The SMILES string of the molecule is CCCCOc1ccc(N2CCN(C(=O)N(CC)CC)CC2)cc1. The first-order valence-electron chi connectivity index (χ1n) is 9.21. The molecule has 134 valence electrons. The molecular formula is C19H31N3O2. The van der Waals surface area contributed by atoms with Gasteiger partial charge in [-0.1, -0.05) is 13.3 Å². The van der Waals surface area contributed by atoms with E-state index >= 15 is 0 Å². The van der Waals surface area contributed by atoms with Crippen LogP contribution in [-0.4, -0.2) is 61.7 Å². The lowest BCUT2D eigenvalue weighted by Crippen LogP contribution is -2.52. The molecule has 0 spiro atoms. The van der Waals surface area contributed by atoms with Gasteiger partial charge >= 0.3 is 6.03 Å². The van der Waals surface area contributed by atoms with Gasteiger partial charge in [-0.15, -0.1) is 0 Å². The summed E-state index contributed by atoms with van der Waals surface area (Å²) in [5, 5.41) is 0. The van der Waals surface area contributed by atoms with Gasteiger partial charge in [0.05, 0.1) is 6.61 Å². The average molecular weight is 333 g/mol. The van der Waals surface area contributed by atoms with E-state index in [1.165, 1.54) is 5.69 Å². The molecule has 0 N–H and O–H groups in total. The zero-order chi connectivity index (χ0) is 17.4. The summed E-state index contributed by atoms with van der Waals surface area (Å²) in [6.45, 7) is 11.9. The summed E-state index contributed by atoms with van der Waals surface area (Å²) < 4.78 is 5.71. The van der Waals surface area contributed by atoms with Crippen molar-refractivity contribution < 1.29 is 9.53 Å². The van der Waals surface area contributed by atoms with E-state index in [-0.39, 0.29) is 6.03 Å². The molecule has 1 heterocycles. The highest BCUT2D eigenvalue weighted by molar-refractivity contribution is 5.74. The molecule has 1 aliphatic heterocycles. The Morgan fingerprint density at radius 3 is 2.21 bits per heavy atom. The number of rotatable bonds is 7. The summed E-state index contributed by atoms with van der Waals surface area (Å²) in [6.07, 6.45) is 2.23. The van der Waals surface area contributed by atoms with Crippen molar-refractivity contribution in [3.05, 3.63) is 24.3 Å². The van der Waals surface area contributed by atoms with Crippen molar-refractivity contribution in [3.8, 4) is 5.75 Å². The van der Waals surface area contributed by atoms with Crippen LogP contribution in [0.1, 0.15) is 33.6 Å². The van der Waals surface area contributed by atoms with Crippen LogP contribution in [0.15, 0.2) is 24.3 Å². The Hall–Kier alpha value is -1.91. The summed E-state index contributed by atoms with van der Waals surface area (Å²) in [7, 11) is 0. The van der Waals surface area contributed by atoms with Gasteiger partial charge in [-0.25, -0.2) is 4.79 Å². The molecule has 1 saturated heterocycles. The number of piperazine rings is 1. The van der Waals surface area contributed by atoms with Crippen LogP contribution in [0.3, 0.4) is 0 Å². The molecule has 0 aromatic heterocycles. The monoisotopic (exact) mass is 333 g/mol. The van der Waals surface area contributed by atoms with Crippen LogP contribution >= 0.6 is 0 Å². The number of nitrogens with zero attached hydrogens (tertiary/aromatic N) is 3. The van der Waals surface area contributed by atoms with Crippen molar-refractivity contribution >= 4 is 11.7 Å². The second-order valence-corrected chi connectivity index (χ2v) is 6.12. The molecule has 24 heavy (non-hydrogen) atoms. The number of unbranched alkanes of at least 4 members (excludes halogenated alkanes) is 1. The lowest BCUT2D eigenvalue weighted by Gasteiger charge is -2.38. The maximum absolute atomic E-state index is 12.4. The Labute approximate surface area is 146 Å². The number of hydrogen-bond acceptors (Lipinski definition) is 3. The smallest absolute Gasteiger partial charge is 0.320 e. The van der Waals surface area contributed by atoms with Crippen LogP contribution in [0.4, 0.5) is 10.5 Å². The number of ether oxygens (including phenoxy) is 1. The fraction of sp³-hybridized carbons (Fsp3) is 0.632. The van der Waals surface area contributed by atoms with E-state index < -0.39 is 0 Å². The fourth-order valence-electron chi connectivity index (χ4n) is 2.94. The van der Waals surface area contributed by atoms with E-state index in [9.17, 15) is 4.79 Å². The molecule has 2 rings (SSSR count). The summed E-state index contributed by atoms with van der Waals surface area (Å²) >= 11 is 0. The summed E-state index contributed by atoms with van der Waals surface area (Å²) in [5.41, 5.74) is 1.20. The number of carbonyl (C=O) groups excluding carboxylic acids is 1. The van der Waals surface area contributed by atoms with Gasteiger partial charge in [-0.05, 0) is 44.5 Å². The van der Waals surface area contributed by atoms with Crippen LogP contribution in [0.25, 0.3) is 0 Å². The predicted octanol–water partition coefficient (Wildman–Crippen LogP) is 3.45. The molecule has 1 fully saturated rings. The third kappa shape index (κ3) is 4.79. The summed E-state index contributed by atoms with van der Waals surface area (Å²) in [5.74, 6) is 0.933.